The number of carbonyl (C=O) groups is 2. The second kappa shape index (κ2) is 44.1. The molecule has 6 unspecified atom stereocenters. The van der Waals surface area contributed by atoms with Crippen molar-refractivity contribution in [2.45, 2.75) is 288 Å². The van der Waals surface area contributed by atoms with Crippen LogP contribution < -0.4 is 0 Å². The lowest BCUT2D eigenvalue weighted by Crippen LogP contribution is -2.60. The van der Waals surface area contributed by atoms with Gasteiger partial charge in [0.2, 0.25) is 0 Å². The second-order valence-electron chi connectivity index (χ2n) is 19.3. The van der Waals surface area contributed by atoms with Gasteiger partial charge in [-0.1, -0.05) is 218 Å². The van der Waals surface area contributed by atoms with Crippen LogP contribution in [0.3, 0.4) is 0 Å². The first-order valence-electron chi connectivity index (χ1n) is 27.4. The lowest BCUT2D eigenvalue weighted by atomic mass is 10.00. The quantitative estimate of drug-likeness (QED) is 0.0196. The van der Waals surface area contributed by atoms with Gasteiger partial charge in [0.25, 0.3) is 10.1 Å². The van der Waals surface area contributed by atoms with E-state index < -0.39 is 71.2 Å². The molecule has 0 aromatic carbocycles. The third-order valence-electron chi connectivity index (χ3n) is 12.8. The van der Waals surface area contributed by atoms with Crippen molar-refractivity contribution in [1.82, 2.24) is 0 Å². The average molecular weight is 973 g/mol. The number of rotatable bonds is 47. The zero-order valence-corrected chi connectivity index (χ0v) is 43.3. The molecule has 1 aliphatic heterocycles. The van der Waals surface area contributed by atoms with E-state index in [9.17, 15) is 37.9 Å². The number of esters is 2. The third-order valence-corrected chi connectivity index (χ3v) is 13.5. The molecule has 1 rings (SSSR count). The number of ether oxygens (including phenoxy) is 4. The van der Waals surface area contributed by atoms with Crippen LogP contribution in [-0.2, 0) is 38.7 Å². The van der Waals surface area contributed by atoms with E-state index in [0.717, 1.165) is 51.4 Å². The Balaban J connectivity index is 2.33. The maximum atomic E-state index is 12.9. The maximum absolute atomic E-state index is 12.9. The Morgan fingerprint density at radius 2 is 0.896 bits per heavy atom. The molecule has 0 spiro atoms. The maximum Gasteiger partial charge on any atom is 0.306 e. The monoisotopic (exact) mass is 973 g/mol. The van der Waals surface area contributed by atoms with Crippen molar-refractivity contribution < 1.29 is 56.8 Å². The first-order chi connectivity index (χ1) is 32.5. The van der Waals surface area contributed by atoms with Crippen LogP contribution in [0.4, 0.5) is 0 Å². The van der Waals surface area contributed by atoms with E-state index in [4.69, 9.17) is 18.9 Å². The van der Waals surface area contributed by atoms with Crippen LogP contribution in [-0.4, -0.2) is 96.0 Å². The molecule has 1 fully saturated rings. The van der Waals surface area contributed by atoms with Crippen molar-refractivity contribution in [2.75, 3.05) is 19.0 Å². The Kier molecular flexibility index (Phi) is 41.6. The van der Waals surface area contributed by atoms with Gasteiger partial charge in [-0.25, -0.2) is 0 Å². The highest BCUT2D eigenvalue weighted by Crippen LogP contribution is 2.24. The van der Waals surface area contributed by atoms with E-state index in [0.29, 0.717) is 12.8 Å². The molecule has 0 saturated carbocycles. The first kappa shape index (κ1) is 63.1. The van der Waals surface area contributed by atoms with Crippen molar-refractivity contribution in [3.8, 4) is 0 Å². The Bertz CT molecular complexity index is 1320. The van der Waals surface area contributed by atoms with Crippen LogP contribution in [0.15, 0.2) is 24.3 Å². The van der Waals surface area contributed by atoms with Gasteiger partial charge in [-0.15, -0.1) is 0 Å². The summed E-state index contributed by atoms with van der Waals surface area (Å²) in [5, 5.41) is 31.0. The number of unbranched alkanes of at least 4 members (excludes halogenated alkanes) is 31. The molecule has 1 aliphatic rings. The normalized spacial score (nSPS) is 19.4. The van der Waals surface area contributed by atoms with Gasteiger partial charge in [0.1, 0.15) is 36.8 Å². The van der Waals surface area contributed by atoms with E-state index in [1.54, 1.807) is 0 Å². The summed E-state index contributed by atoms with van der Waals surface area (Å²) in [6.45, 7) is 3.78. The summed E-state index contributed by atoms with van der Waals surface area (Å²) in [7, 11) is -4.60. The van der Waals surface area contributed by atoms with Gasteiger partial charge in [-0.3, -0.25) is 14.1 Å². The zero-order chi connectivity index (χ0) is 49.1. The highest BCUT2D eigenvalue weighted by atomic mass is 32.2. The molecule has 0 radical (unpaired) electrons. The summed E-state index contributed by atoms with van der Waals surface area (Å²) in [5.74, 6) is -1.97. The molecule has 1 saturated heterocycles. The van der Waals surface area contributed by atoms with Crippen LogP contribution in [0, 0.1) is 0 Å². The topological polar surface area (TPSA) is 186 Å². The SMILES string of the molecule is CCCCC/C=C\C/C=C\CCCCCCCCCCCC(=O)OC(COC(=O)CCCCCCCCCCCCCCCCCCCCCC)COC1OC(CS(=O)(=O)O)C(O)C(O)C1O. The van der Waals surface area contributed by atoms with Crippen LogP contribution in [0.2, 0.25) is 0 Å². The van der Waals surface area contributed by atoms with E-state index in [2.05, 4.69) is 38.2 Å². The minimum atomic E-state index is -4.60. The Morgan fingerprint density at radius 1 is 0.507 bits per heavy atom. The van der Waals surface area contributed by atoms with E-state index in [1.807, 2.05) is 0 Å². The summed E-state index contributed by atoms with van der Waals surface area (Å²) < 4.78 is 54.3. The molecule has 1 heterocycles. The van der Waals surface area contributed by atoms with E-state index in [-0.39, 0.29) is 19.4 Å². The molecule has 0 aromatic rings. The third kappa shape index (κ3) is 38.6. The Morgan fingerprint density at radius 3 is 1.34 bits per heavy atom. The van der Waals surface area contributed by atoms with Crippen molar-refractivity contribution in [2.24, 2.45) is 0 Å². The summed E-state index contributed by atoms with van der Waals surface area (Å²) in [4.78, 5) is 25.6. The number of hydrogen-bond donors (Lipinski definition) is 4. The van der Waals surface area contributed by atoms with Gasteiger partial charge >= 0.3 is 11.9 Å². The predicted molar refractivity (Wildman–Crippen MR) is 270 cm³/mol. The Hall–Kier alpha value is -1.87. The van der Waals surface area contributed by atoms with Gasteiger partial charge < -0.3 is 34.3 Å². The van der Waals surface area contributed by atoms with Crippen LogP contribution in [0.5, 0.6) is 0 Å². The molecule has 13 heteroatoms. The fourth-order valence-electron chi connectivity index (χ4n) is 8.53. The molecular weight excluding hydrogens is 873 g/mol. The van der Waals surface area contributed by atoms with E-state index in [1.165, 1.54) is 161 Å². The van der Waals surface area contributed by atoms with Gasteiger partial charge in [-0.2, -0.15) is 8.42 Å². The van der Waals surface area contributed by atoms with Gasteiger partial charge in [0.05, 0.1) is 6.61 Å². The number of aliphatic hydroxyl groups excluding tert-OH is 3. The van der Waals surface area contributed by atoms with Gasteiger partial charge in [-0.05, 0) is 44.9 Å². The molecular formula is C54H100O12S. The minimum absolute atomic E-state index is 0.163. The van der Waals surface area contributed by atoms with Crippen LogP contribution in [0.25, 0.3) is 0 Å². The highest BCUT2D eigenvalue weighted by molar-refractivity contribution is 7.85. The fraction of sp³-hybridized carbons (Fsp3) is 0.889. The van der Waals surface area contributed by atoms with E-state index >= 15 is 0 Å². The first-order valence-corrected chi connectivity index (χ1v) is 29.0. The largest absolute Gasteiger partial charge is 0.462 e. The van der Waals surface area contributed by atoms with Gasteiger partial charge in [0, 0.05) is 12.8 Å². The van der Waals surface area contributed by atoms with Gasteiger partial charge in [0.15, 0.2) is 12.4 Å². The van der Waals surface area contributed by atoms with Crippen molar-refractivity contribution in [3.05, 3.63) is 24.3 Å². The summed E-state index contributed by atoms with van der Waals surface area (Å²) in [6.07, 6.45) is 42.1. The minimum Gasteiger partial charge on any atom is -0.462 e. The number of allylic oxidation sites excluding steroid dienone is 4. The van der Waals surface area contributed by atoms with Crippen molar-refractivity contribution >= 4 is 22.1 Å². The molecule has 0 amide bonds. The smallest absolute Gasteiger partial charge is 0.306 e. The number of hydrogen-bond acceptors (Lipinski definition) is 11. The molecule has 0 aliphatic carbocycles. The molecule has 12 nitrogen and oxygen atoms in total. The number of aliphatic hydroxyl groups is 3. The summed E-state index contributed by atoms with van der Waals surface area (Å²) in [6, 6.07) is 0. The highest BCUT2D eigenvalue weighted by Gasteiger charge is 2.46. The molecule has 6 atom stereocenters. The summed E-state index contributed by atoms with van der Waals surface area (Å²) in [5.41, 5.74) is 0. The zero-order valence-electron chi connectivity index (χ0n) is 42.5. The second-order valence-corrected chi connectivity index (χ2v) is 20.8. The molecule has 394 valence electrons. The summed E-state index contributed by atoms with van der Waals surface area (Å²) >= 11 is 0. The molecule has 67 heavy (non-hydrogen) atoms. The predicted octanol–water partition coefficient (Wildman–Crippen LogP) is 12.7. The lowest BCUT2D eigenvalue weighted by Gasteiger charge is -2.40. The fourth-order valence-corrected chi connectivity index (χ4v) is 9.22. The standard InChI is InChI=1S/C54H100O12S/c1-3-5-7-9-11-13-15-17-19-21-23-25-26-28-30-32-34-36-38-40-42-49(55)63-44-47(45-64-54-53(59)52(58)51(57)48(66-54)46-67(60,61)62)65-50(56)43-41-39-37-35-33-31-29-27-24-22-20-18-16-14-12-10-8-6-4-2/h12,14,18,20,47-48,51-54,57-59H,3-11,13,15-17,19,21-46H2,1-2H3,(H,60,61,62)/b14-12-,20-18-. The lowest BCUT2D eigenvalue weighted by molar-refractivity contribution is -0.297. The molecule has 4 N–H and O–H groups in total. The van der Waals surface area contributed by atoms with Crippen molar-refractivity contribution in [1.29, 1.82) is 0 Å². The van der Waals surface area contributed by atoms with Crippen molar-refractivity contribution in [3.63, 3.8) is 0 Å². The number of carbonyl (C=O) groups excluding carboxylic acids is 2. The van der Waals surface area contributed by atoms with Crippen LogP contribution >= 0.6 is 0 Å². The Labute approximate surface area is 408 Å². The molecule has 0 aromatic heterocycles. The van der Waals surface area contributed by atoms with Crippen LogP contribution in [0.1, 0.15) is 251 Å². The molecule has 0 bridgehead atoms. The average Bonchev–Trinajstić information content (AvgIpc) is 3.30.